The molecule has 1 N–H and O–H groups in total. The quantitative estimate of drug-likeness (QED) is 0.408. The smallest absolute Gasteiger partial charge is 0.328 e. The average molecular weight is 511 g/mol. The monoisotopic (exact) mass is 510 g/mol. The van der Waals surface area contributed by atoms with Crippen molar-refractivity contribution in [1.29, 1.82) is 0 Å². The van der Waals surface area contributed by atoms with Crippen molar-refractivity contribution in [1.82, 2.24) is 4.90 Å². The highest BCUT2D eigenvalue weighted by molar-refractivity contribution is 6.40. The van der Waals surface area contributed by atoms with Crippen molar-refractivity contribution < 1.29 is 19.1 Å². The second-order valence-corrected chi connectivity index (χ2v) is 9.46. The molecule has 180 valence electrons. The van der Waals surface area contributed by atoms with E-state index in [4.69, 9.17) is 27.9 Å². The number of nitrogens with zero attached hydrogens (tertiary/aromatic N) is 1. The Balaban J connectivity index is 1.53. The molecule has 3 aromatic carbocycles. The average Bonchev–Trinajstić information content (AvgIpc) is 3.14. The highest BCUT2D eigenvalue weighted by Gasteiger charge is 2.38. The first-order chi connectivity index (χ1) is 16.7. The molecule has 0 spiro atoms. The number of anilines is 1. The molecule has 0 aromatic heterocycles. The topological polar surface area (TPSA) is 75.7 Å². The van der Waals surface area contributed by atoms with Crippen LogP contribution in [0.25, 0.3) is 11.1 Å². The summed E-state index contributed by atoms with van der Waals surface area (Å²) in [6.45, 7) is 4.15. The Morgan fingerprint density at radius 1 is 0.971 bits per heavy atom. The number of hydrogen-bond acceptors (Lipinski definition) is 4. The molecule has 0 radical (unpaired) electrons. The molecule has 6 nitrogen and oxygen atoms in total. The van der Waals surface area contributed by atoms with Gasteiger partial charge in [-0.2, -0.15) is 0 Å². The predicted octanol–water partition coefficient (Wildman–Crippen LogP) is 6.07. The highest BCUT2D eigenvalue weighted by atomic mass is 35.5. The summed E-state index contributed by atoms with van der Waals surface area (Å²) >= 11 is 12.2. The number of carbonyl (C=O) groups is 3. The number of fused-ring (bicyclic) bond motifs is 1. The summed E-state index contributed by atoms with van der Waals surface area (Å²) < 4.78 is 4.93. The molecule has 2 amide bonds. The van der Waals surface area contributed by atoms with Crippen molar-refractivity contribution in [2.45, 2.75) is 26.4 Å². The third-order valence-electron chi connectivity index (χ3n) is 6.02. The van der Waals surface area contributed by atoms with E-state index < -0.39 is 17.9 Å². The molecule has 1 heterocycles. The Labute approximate surface area is 213 Å². The summed E-state index contributed by atoms with van der Waals surface area (Å²) in [4.78, 5) is 39.7. The zero-order valence-electron chi connectivity index (χ0n) is 19.5. The van der Waals surface area contributed by atoms with Gasteiger partial charge < -0.3 is 15.0 Å². The van der Waals surface area contributed by atoms with Gasteiger partial charge in [0.05, 0.1) is 22.7 Å². The highest BCUT2D eigenvalue weighted by Crippen LogP contribution is 2.32. The van der Waals surface area contributed by atoms with E-state index in [0.29, 0.717) is 17.8 Å². The lowest BCUT2D eigenvalue weighted by Gasteiger charge is -2.28. The fourth-order valence-corrected chi connectivity index (χ4v) is 4.83. The van der Waals surface area contributed by atoms with Crippen molar-refractivity contribution in [3.05, 3.63) is 87.4 Å². The lowest BCUT2D eigenvalue weighted by molar-refractivity contribution is -0.147. The normalized spacial score (nSPS) is 13.5. The molecule has 0 bridgehead atoms. The maximum Gasteiger partial charge on any atom is 0.328 e. The lowest BCUT2D eigenvalue weighted by Crippen LogP contribution is -2.45. The van der Waals surface area contributed by atoms with E-state index in [9.17, 15) is 14.4 Å². The van der Waals surface area contributed by atoms with Crippen molar-refractivity contribution >= 4 is 46.7 Å². The molecule has 35 heavy (non-hydrogen) atoms. The van der Waals surface area contributed by atoms with E-state index >= 15 is 0 Å². The summed E-state index contributed by atoms with van der Waals surface area (Å²) in [5, 5.41) is 3.35. The maximum absolute atomic E-state index is 13.2. The van der Waals surface area contributed by atoms with Crippen LogP contribution in [0.2, 0.25) is 10.0 Å². The number of hydrogen-bond donors (Lipinski definition) is 1. The predicted molar refractivity (Wildman–Crippen MR) is 137 cm³/mol. The van der Waals surface area contributed by atoms with Gasteiger partial charge in [-0.25, -0.2) is 4.79 Å². The molecule has 0 aliphatic carbocycles. The van der Waals surface area contributed by atoms with Gasteiger partial charge in [0.15, 0.2) is 0 Å². The molecule has 1 aliphatic rings. The summed E-state index contributed by atoms with van der Waals surface area (Å²) in [6.07, 6.45) is 0. The van der Waals surface area contributed by atoms with Gasteiger partial charge in [0.1, 0.15) is 6.04 Å². The van der Waals surface area contributed by atoms with Crippen molar-refractivity contribution in [3.63, 3.8) is 0 Å². The zero-order valence-corrected chi connectivity index (χ0v) is 21.0. The van der Waals surface area contributed by atoms with Crippen LogP contribution in [-0.4, -0.2) is 35.8 Å². The van der Waals surface area contributed by atoms with Crippen LogP contribution in [-0.2, 0) is 16.1 Å². The van der Waals surface area contributed by atoms with E-state index in [2.05, 4.69) is 5.32 Å². The summed E-state index contributed by atoms with van der Waals surface area (Å²) in [7, 11) is 1.33. The first-order valence-corrected chi connectivity index (χ1v) is 11.8. The minimum absolute atomic E-state index is 0.0800. The van der Waals surface area contributed by atoms with Crippen LogP contribution in [0.1, 0.15) is 40.1 Å². The number of ether oxygens (including phenoxy) is 1. The number of halogens is 2. The zero-order chi connectivity index (χ0) is 25.3. The Bertz CT molecular complexity index is 1280. The van der Waals surface area contributed by atoms with Crippen LogP contribution < -0.4 is 5.32 Å². The second-order valence-electron chi connectivity index (χ2n) is 8.65. The number of rotatable bonds is 6. The Hall–Kier alpha value is -3.35. The Morgan fingerprint density at radius 3 is 2.20 bits per heavy atom. The summed E-state index contributed by atoms with van der Waals surface area (Å²) in [5.41, 5.74) is 3.96. The Kier molecular flexibility index (Phi) is 7.15. The van der Waals surface area contributed by atoms with E-state index in [1.807, 2.05) is 44.2 Å². The molecule has 3 aromatic rings. The minimum atomic E-state index is -0.641. The van der Waals surface area contributed by atoms with Crippen molar-refractivity contribution in [2.24, 2.45) is 5.92 Å². The molecule has 4 rings (SSSR count). The van der Waals surface area contributed by atoms with Crippen molar-refractivity contribution in [2.75, 3.05) is 12.4 Å². The van der Waals surface area contributed by atoms with E-state index in [1.165, 1.54) is 7.11 Å². The number of benzene rings is 3. The van der Waals surface area contributed by atoms with Gasteiger partial charge in [-0.3, -0.25) is 9.59 Å². The van der Waals surface area contributed by atoms with E-state index in [-0.39, 0.29) is 27.4 Å². The van der Waals surface area contributed by atoms with Gasteiger partial charge in [-0.15, -0.1) is 0 Å². The molecule has 0 fully saturated rings. The molecule has 0 saturated carbocycles. The van der Waals surface area contributed by atoms with Gasteiger partial charge in [0.25, 0.3) is 11.8 Å². The SMILES string of the molecule is COC(=O)C(C(C)C)N1Cc2ccc(-c3ccc(NC(=O)c4c(Cl)cccc4Cl)cc3)cc2C1=O. The third kappa shape index (κ3) is 4.90. The van der Waals surface area contributed by atoms with Crippen LogP contribution in [0, 0.1) is 5.92 Å². The molecule has 0 saturated heterocycles. The Morgan fingerprint density at radius 2 is 1.60 bits per heavy atom. The van der Waals surface area contributed by atoms with Gasteiger partial charge in [0, 0.05) is 17.8 Å². The van der Waals surface area contributed by atoms with Crippen LogP contribution >= 0.6 is 23.2 Å². The van der Waals surface area contributed by atoms with Crippen molar-refractivity contribution in [3.8, 4) is 11.1 Å². The second kappa shape index (κ2) is 10.1. The summed E-state index contributed by atoms with van der Waals surface area (Å²) in [6, 6.07) is 17.2. The largest absolute Gasteiger partial charge is 0.467 e. The van der Waals surface area contributed by atoms with Gasteiger partial charge in [0.2, 0.25) is 0 Å². The van der Waals surface area contributed by atoms with Crippen LogP contribution in [0.3, 0.4) is 0 Å². The number of methoxy groups -OCH3 is 1. The van der Waals surface area contributed by atoms with Crippen LogP contribution in [0.4, 0.5) is 5.69 Å². The number of carbonyl (C=O) groups excluding carboxylic acids is 3. The fourth-order valence-electron chi connectivity index (χ4n) is 4.26. The molecule has 1 atom stereocenters. The first-order valence-electron chi connectivity index (χ1n) is 11.1. The fraction of sp³-hybridized carbons (Fsp3) is 0.222. The van der Waals surface area contributed by atoms with Gasteiger partial charge >= 0.3 is 5.97 Å². The van der Waals surface area contributed by atoms with E-state index in [0.717, 1.165) is 16.7 Å². The molecule has 8 heteroatoms. The van der Waals surface area contributed by atoms with Crippen LogP contribution in [0.15, 0.2) is 60.7 Å². The first kappa shape index (κ1) is 24.8. The number of amides is 2. The van der Waals surface area contributed by atoms with Gasteiger partial charge in [-0.1, -0.05) is 67.4 Å². The maximum atomic E-state index is 13.2. The third-order valence-corrected chi connectivity index (χ3v) is 6.65. The number of esters is 1. The minimum Gasteiger partial charge on any atom is -0.467 e. The van der Waals surface area contributed by atoms with E-state index in [1.54, 1.807) is 35.2 Å². The molecular formula is C27H24Cl2N2O4. The summed E-state index contributed by atoms with van der Waals surface area (Å²) in [5.74, 6) is -1.09. The van der Waals surface area contributed by atoms with Gasteiger partial charge in [-0.05, 0) is 52.9 Å². The van der Waals surface area contributed by atoms with Crippen LogP contribution in [0.5, 0.6) is 0 Å². The molecule has 1 unspecified atom stereocenters. The number of nitrogens with one attached hydrogen (secondary N) is 1. The molecular weight excluding hydrogens is 487 g/mol. The molecule has 1 aliphatic heterocycles. The lowest BCUT2D eigenvalue weighted by atomic mass is 10.00. The standard InChI is InChI=1S/C27H24Cl2N2O4/c1-15(2)24(27(34)35-3)31-14-18-8-7-17(13-20(18)26(31)33)16-9-11-19(12-10-16)30-25(32)23-21(28)5-4-6-22(23)29/h4-13,15,24H,14H2,1-3H3,(H,30,32).